The number of rotatable bonds is 6. The van der Waals surface area contributed by atoms with Gasteiger partial charge in [-0.05, 0) is 28.8 Å². The van der Waals surface area contributed by atoms with Crippen molar-refractivity contribution in [3.05, 3.63) is 52.8 Å². The van der Waals surface area contributed by atoms with Gasteiger partial charge >= 0.3 is 0 Å². The van der Waals surface area contributed by atoms with Crippen LogP contribution < -0.4 is 0 Å². The Balaban J connectivity index is 1.70. The van der Waals surface area contributed by atoms with E-state index in [0.29, 0.717) is 13.2 Å². The van der Waals surface area contributed by atoms with Gasteiger partial charge < -0.3 is 9.30 Å². The summed E-state index contributed by atoms with van der Waals surface area (Å²) in [5.41, 5.74) is 3.76. The van der Waals surface area contributed by atoms with Crippen LogP contribution in [0.15, 0.2) is 35.8 Å². The molecule has 5 heteroatoms. The second kappa shape index (κ2) is 7.02. The van der Waals surface area contributed by atoms with Crippen LogP contribution in [0.5, 0.6) is 0 Å². The van der Waals surface area contributed by atoms with E-state index in [1.807, 2.05) is 6.33 Å². The Hall–Kier alpha value is -1.43. The van der Waals surface area contributed by atoms with E-state index in [9.17, 15) is 0 Å². The van der Waals surface area contributed by atoms with Crippen molar-refractivity contribution in [3.8, 4) is 0 Å². The largest absolute Gasteiger partial charge is 0.371 e. The summed E-state index contributed by atoms with van der Waals surface area (Å²) < 4.78 is 7.84. The summed E-state index contributed by atoms with van der Waals surface area (Å²) in [6.07, 6.45) is 4.90. The van der Waals surface area contributed by atoms with Crippen molar-refractivity contribution in [1.82, 2.24) is 14.5 Å². The molecular formula is C16H21N3OS. The summed E-state index contributed by atoms with van der Waals surface area (Å²) in [6, 6.07) is 2.21. The average molecular weight is 303 g/mol. The highest BCUT2D eigenvalue weighted by atomic mass is 32.1. The van der Waals surface area contributed by atoms with Gasteiger partial charge in [0.1, 0.15) is 0 Å². The molecule has 1 aliphatic heterocycles. The fourth-order valence-corrected chi connectivity index (χ4v) is 3.37. The molecule has 0 amide bonds. The molecule has 0 unspecified atom stereocenters. The minimum atomic E-state index is 0.570. The number of fused-ring (bicyclic) bond motifs is 1. The van der Waals surface area contributed by atoms with Gasteiger partial charge in [-0.1, -0.05) is 6.08 Å². The lowest BCUT2D eigenvalue weighted by atomic mass is 10.2. The Kier molecular flexibility index (Phi) is 4.85. The first-order chi connectivity index (χ1) is 10.4. The smallest absolute Gasteiger partial charge is 0.0953 e. The molecule has 0 saturated carbocycles. The van der Waals surface area contributed by atoms with Crippen molar-refractivity contribution in [2.45, 2.75) is 32.7 Å². The first-order valence-corrected chi connectivity index (χ1v) is 8.26. The Bertz CT molecular complexity index is 576. The fraction of sp³-hybridized carbons (Fsp3) is 0.438. The number of thiophene rings is 1. The zero-order valence-electron chi connectivity index (χ0n) is 12.2. The molecule has 2 aromatic heterocycles. The molecule has 0 N–H and O–H groups in total. The third-order valence-electron chi connectivity index (χ3n) is 3.74. The Labute approximate surface area is 129 Å². The van der Waals surface area contributed by atoms with E-state index in [-0.39, 0.29) is 0 Å². The zero-order valence-corrected chi connectivity index (χ0v) is 13.0. The Morgan fingerprint density at radius 2 is 2.38 bits per heavy atom. The van der Waals surface area contributed by atoms with Gasteiger partial charge in [-0.3, -0.25) is 4.90 Å². The van der Waals surface area contributed by atoms with Gasteiger partial charge in [0, 0.05) is 26.2 Å². The second-order valence-corrected chi connectivity index (χ2v) is 6.11. The third kappa shape index (κ3) is 3.61. The Morgan fingerprint density at radius 3 is 3.19 bits per heavy atom. The van der Waals surface area contributed by atoms with Gasteiger partial charge in [0.05, 0.1) is 30.9 Å². The van der Waals surface area contributed by atoms with Crippen molar-refractivity contribution < 1.29 is 4.74 Å². The first kappa shape index (κ1) is 14.5. The summed E-state index contributed by atoms with van der Waals surface area (Å²) in [7, 11) is 0. The molecule has 1 aliphatic rings. The van der Waals surface area contributed by atoms with Crippen molar-refractivity contribution >= 4 is 11.3 Å². The van der Waals surface area contributed by atoms with Gasteiger partial charge in [-0.25, -0.2) is 4.98 Å². The molecule has 0 saturated heterocycles. The highest BCUT2D eigenvalue weighted by Crippen LogP contribution is 2.19. The Morgan fingerprint density at radius 1 is 1.43 bits per heavy atom. The fourth-order valence-electron chi connectivity index (χ4n) is 2.71. The van der Waals surface area contributed by atoms with Crippen LogP contribution in [0.3, 0.4) is 0 Å². The minimum Gasteiger partial charge on any atom is -0.371 e. The molecule has 0 bridgehead atoms. The van der Waals surface area contributed by atoms with Crippen LogP contribution in [-0.2, 0) is 31.0 Å². The summed E-state index contributed by atoms with van der Waals surface area (Å²) >= 11 is 1.76. The van der Waals surface area contributed by atoms with Crippen LogP contribution in [0.4, 0.5) is 0 Å². The number of ether oxygens (including phenoxy) is 1. The molecule has 0 fully saturated rings. The SMILES string of the molecule is C=CCOCc1ncn2c1CN(Cc1ccsc1)CCC2. The van der Waals surface area contributed by atoms with E-state index in [0.717, 1.165) is 31.9 Å². The molecule has 2 aromatic rings. The number of aryl methyl sites for hydroxylation is 1. The average Bonchev–Trinajstić information content (AvgIpc) is 3.06. The molecule has 3 rings (SSSR count). The van der Waals surface area contributed by atoms with E-state index in [1.165, 1.54) is 17.7 Å². The maximum atomic E-state index is 5.56. The molecule has 112 valence electrons. The van der Waals surface area contributed by atoms with Gasteiger partial charge in [-0.2, -0.15) is 11.3 Å². The van der Waals surface area contributed by atoms with E-state index < -0.39 is 0 Å². The normalized spacial score (nSPS) is 15.6. The lowest BCUT2D eigenvalue weighted by Gasteiger charge is -2.19. The quantitative estimate of drug-likeness (QED) is 0.607. The van der Waals surface area contributed by atoms with Crippen molar-refractivity contribution in [3.63, 3.8) is 0 Å². The minimum absolute atomic E-state index is 0.570. The van der Waals surface area contributed by atoms with Gasteiger partial charge in [0.25, 0.3) is 0 Å². The lowest BCUT2D eigenvalue weighted by molar-refractivity contribution is 0.144. The molecule has 0 aliphatic carbocycles. The van der Waals surface area contributed by atoms with Crippen molar-refractivity contribution in [2.24, 2.45) is 0 Å². The van der Waals surface area contributed by atoms with E-state index in [1.54, 1.807) is 17.4 Å². The molecule has 0 radical (unpaired) electrons. The lowest BCUT2D eigenvalue weighted by Crippen LogP contribution is -2.23. The zero-order chi connectivity index (χ0) is 14.5. The molecular weight excluding hydrogens is 282 g/mol. The standard InChI is InChI=1S/C16H21N3OS/c1-2-7-20-11-15-16-10-18(9-14-4-8-21-12-14)5-3-6-19(16)13-17-15/h2,4,8,12-13H,1,3,5-7,9-11H2. The van der Waals surface area contributed by atoms with Gasteiger partial charge in [0.2, 0.25) is 0 Å². The molecule has 4 nitrogen and oxygen atoms in total. The molecule has 0 atom stereocenters. The molecule has 0 spiro atoms. The maximum Gasteiger partial charge on any atom is 0.0953 e. The van der Waals surface area contributed by atoms with Crippen molar-refractivity contribution in [2.75, 3.05) is 13.2 Å². The molecule has 0 aromatic carbocycles. The van der Waals surface area contributed by atoms with Crippen LogP contribution in [0.1, 0.15) is 23.4 Å². The van der Waals surface area contributed by atoms with Crippen LogP contribution in [-0.4, -0.2) is 27.6 Å². The number of hydrogen-bond acceptors (Lipinski definition) is 4. The second-order valence-electron chi connectivity index (χ2n) is 5.33. The number of imidazole rings is 1. The summed E-state index contributed by atoms with van der Waals surface area (Å²) in [4.78, 5) is 7.02. The highest BCUT2D eigenvalue weighted by Gasteiger charge is 2.18. The van der Waals surface area contributed by atoms with Crippen LogP contribution in [0.2, 0.25) is 0 Å². The summed E-state index contributed by atoms with van der Waals surface area (Å²) in [6.45, 7) is 8.96. The highest BCUT2D eigenvalue weighted by molar-refractivity contribution is 7.07. The van der Waals surface area contributed by atoms with Crippen molar-refractivity contribution in [1.29, 1.82) is 0 Å². The number of nitrogens with zero attached hydrogens (tertiary/aromatic N) is 3. The van der Waals surface area contributed by atoms with E-state index in [2.05, 4.69) is 37.9 Å². The van der Waals surface area contributed by atoms with Crippen LogP contribution >= 0.6 is 11.3 Å². The maximum absolute atomic E-state index is 5.56. The summed E-state index contributed by atoms with van der Waals surface area (Å²) in [5.74, 6) is 0. The van der Waals surface area contributed by atoms with Crippen LogP contribution in [0.25, 0.3) is 0 Å². The third-order valence-corrected chi connectivity index (χ3v) is 4.47. The number of hydrogen-bond donors (Lipinski definition) is 0. The first-order valence-electron chi connectivity index (χ1n) is 7.32. The van der Waals surface area contributed by atoms with Gasteiger partial charge in [0.15, 0.2) is 0 Å². The van der Waals surface area contributed by atoms with E-state index >= 15 is 0 Å². The number of aromatic nitrogens is 2. The molecule has 21 heavy (non-hydrogen) atoms. The van der Waals surface area contributed by atoms with E-state index in [4.69, 9.17) is 4.74 Å². The molecule has 3 heterocycles. The topological polar surface area (TPSA) is 30.3 Å². The predicted molar refractivity (Wildman–Crippen MR) is 85.1 cm³/mol. The summed E-state index contributed by atoms with van der Waals surface area (Å²) in [5, 5.41) is 4.38. The predicted octanol–water partition coefficient (Wildman–Crippen LogP) is 3.05. The van der Waals surface area contributed by atoms with Gasteiger partial charge in [-0.15, -0.1) is 6.58 Å². The van der Waals surface area contributed by atoms with Crippen LogP contribution in [0, 0.1) is 0 Å². The monoisotopic (exact) mass is 303 g/mol.